The monoisotopic (exact) mass is 262 g/mol. The molecule has 5 nitrogen and oxygen atoms in total. The average molecular weight is 262 g/mol. The molecule has 0 unspecified atom stereocenters. The highest BCUT2D eigenvalue weighted by atomic mass is 16.5. The Morgan fingerprint density at radius 2 is 2.00 bits per heavy atom. The van der Waals surface area contributed by atoms with Gasteiger partial charge in [0.25, 0.3) is 0 Å². The van der Waals surface area contributed by atoms with Crippen LogP contribution in [0.25, 0.3) is 0 Å². The summed E-state index contributed by atoms with van der Waals surface area (Å²) in [5, 5.41) is 17.7. The highest BCUT2D eigenvalue weighted by Crippen LogP contribution is 2.21. The quantitative estimate of drug-likeness (QED) is 0.785. The van der Waals surface area contributed by atoms with E-state index < -0.39 is 0 Å². The van der Waals surface area contributed by atoms with Gasteiger partial charge in [0.1, 0.15) is 11.6 Å². The van der Waals surface area contributed by atoms with Gasteiger partial charge in [0.15, 0.2) is 5.82 Å². The molecular weight excluding hydrogens is 240 g/mol. The number of nitriles is 1. The molecular formula is C14H22N4O. The minimum atomic E-state index is 0.479. The predicted octanol–water partition coefficient (Wildman–Crippen LogP) is 2.07. The molecule has 5 heteroatoms. The Morgan fingerprint density at radius 3 is 2.53 bits per heavy atom. The summed E-state index contributed by atoms with van der Waals surface area (Å²) in [6.45, 7) is 10.2. The molecule has 0 bridgehead atoms. The van der Waals surface area contributed by atoms with Gasteiger partial charge in [-0.3, -0.25) is 0 Å². The van der Waals surface area contributed by atoms with Crippen molar-refractivity contribution >= 4 is 5.82 Å². The molecule has 0 aliphatic carbocycles. The minimum absolute atomic E-state index is 0.479. The van der Waals surface area contributed by atoms with E-state index in [1.54, 1.807) is 7.11 Å². The van der Waals surface area contributed by atoms with Crippen LogP contribution in [0.15, 0.2) is 0 Å². The second kappa shape index (κ2) is 7.05. The van der Waals surface area contributed by atoms with Crippen LogP contribution in [-0.4, -0.2) is 37.0 Å². The predicted molar refractivity (Wildman–Crippen MR) is 75.1 cm³/mol. The number of aromatic nitrogens is 2. The number of nitrogens with zero attached hydrogens (tertiary/aromatic N) is 4. The number of ether oxygens (including phenoxy) is 1. The number of methoxy groups -OCH3 is 1. The van der Waals surface area contributed by atoms with E-state index >= 15 is 0 Å². The van der Waals surface area contributed by atoms with Crippen LogP contribution >= 0.6 is 0 Å². The molecule has 0 atom stereocenters. The van der Waals surface area contributed by atoms with Gasteiger partial charge in [0, 0.05) is 20.2 Å². The summed E-state index contributed by atoms with van der Waals surface area (Å²) in [7, 11) is 1.67. The number of aryl methyl sites for hydroxylation is 1. The molecule has 0 N–H and O–H groups in total. The highest BCUT2D eigenvalue weighted by Gasteiger charge is 2.18. The van der Waals surface area contributed by atoms with Crippen LogP contribution in [0.1, 0.15) is 30.7 Å². The molecule has 19 heavy (non-hydrogen) atoms. The number of rotatable bonds is 6. The lowest BCUT2D eigenvalue weighted by Crippen LogP contribution is -2.33. The lowest BCUT2D eigenvalue weighted by molar-refractivity contribution is 0.204. The van der Waals surface area contributed by atoms with E-state index in [2.05, 4.69) is 35.0 Å². The van der Waals surface area contributed by atoms with Gasteiger partial charge >= 0.3 is 0 Å². The van der Waals surface area contributed by atoms with Gasteiger partial charge in [-0.05, 0) is 25.3 Å². The molecule has 1 aromatic heterocycles. The molecule has 1 aromatic rings. The zero-order valence-electron chi connectivity index (χ0n) is 12.4. The van der Waals surface area contributed by atoms with E-state index in [4.69, 9.17) is 4.74 Å². The van der Waals surface area contributed by atoms with Crippen molar-refractivity contribution in [2.24, 2.45) is 5.92 Å². The molecule has 1 rings (SSSR count). The normalized spacial score (nSPS) is 10.6. The Labute approximate surface area is 115 Å². The molecule has 0 saturated carbocycles. The lowest BCUT2D eigenvalue weighted by Gasteiger charge is -2.26. The lowest BCUT2D eigenvalue weighted by atomic mass is 10.1. The van der Waals surface area contributed by atoms with Crippen molar-refractivity contribution in [1.82, 2.24) is 10.2 Å². The maximum absolute atomic E-state index is 9.36. The van der Waals surface area contributed by atoms with Crippen molar-refractivity contribution in [1.29, 1.82) is 5.26 Å². The second-order valence-electron chi connectivity index (χ2n) is 5.05. The van der Waals surface area contributed by atoms with Gasteiger partial charge in [0.05, 0.1) is 12.3 Å². The molecule has 104 valence electrons. The fraction of sp³-hybridized carbons (Fsp3) is 0.643. The molecule has 1 heterocycles. The van der Waals surface area contributed by atoms with Crippen LogP contribution in [0.2, 0.25) is 0 Å². The summed E-state index contributed by atoms with van der Waals surface area (Å²) in [4.78, 5) is 2.08. The van der Waals surface area contributed by atoms with E-state index in [1.807, 2.05) is 13.8 Å². The Hall–Kier alpha value is -1.67. The maximum atomic E-state index is 9.36. The standard InChI is InChI=1S/C14H22N4O/c1-10(2)9-18(6-7-19-5)14-13(8-15)11(3)12(4)16-17-14/h10H,6-7,9H2,1-5H3. The van der Waals surface area contributed by atoms with Gasteiger partial charge in [0.2, 0.25) is 0 Å². The number of hydrogen-bond donors (Lipinski definition) is 0. The molecule has 0 saturated heterocycles. The van der Waals surface area contributed by atoms with E-state index in [9.17, 15) is 5.26 Å². The Kier molecular flexibility index (Phi) is 5.71. The van der Waals surface area contributed by atoms with Crippen LogP contribution in [0.5, 0.6) is 0 Å². The molecule has 0 aliphatic heterocycles. The van der Waals surface area contributed by atoms with E-state index in [1.165, 1.54) is 0 Å². The van der Waals surface area contributed by atoms with Crippen molar-refractivity contribution in [3.8, 4) is 6.07 Å². The summed E-state index contributed by atoms with van der Waals surface area (Å²) in [5.74, 6) is 1.14. The molecule has 0 aromatic carbocycles. The van der Waals surface area contributed by atoms with Gasteiger partial charge in [-0.1, -0.05) is 13.8 Å². The SMILES string of the molecule is COCCN(CC(C)C)c1nnc(C)c(C)c1C#N. The van der Waals surface area contributed by atoms with Crippen molar-refractivity contribution in [3.63, 3.8) is 0 Å². The topological polar surface area (TPSA) is 62.0 Å². The molecule has 0 fully saturated rings. The minimum Gasteiger partial charge on any atom is -0.383 e. The summed E-state index contributed by atoms with van der Waals surface area (Å²) in [5.41, 5.74) is 2.32. The van der Waals surface area contributed by atoms with E-state index in [-0.39, 0.29) is 0 Å². The number of hydrogen-bond acceptors (Lipinski definition) is 5. The molecule has 0 amide bonds. The zero-order valence-corrected chi connectivity index (χ0v) is 12.4. The molecule has 0 radical (unpaired) electrons. The summed E-state index contributed by atoms with van der Waals surface area (Å²) in [6.07, 6.45) is 0. The molecule has 0 spiro atoms. The second-order valence-corrected chi connectivity index (χ2v) is 5.05. The fourth-order valence-corrected chi connectivity index (χ4v) is 1.88. The van der Waals surface area contributed by atoms with Gasteiger partial charge in [-0.25, -0.2) is 0 Å². The summed E-state index contributed by atoms with van der Waals surface area (Å²) >= 11 is 0. The summed E-state index contributed by atoms with van der Waals surface area (Å²) in [6, 6.07) is 2.25. The van der Waals surface area contributed by atoms with Crippen molar-refractivity contribution in [2.75, 3.05) is 31.7 Å². The van der Waals surface area contributed by atoms with Crippen LogP contribution < -0.4 is 4.90 Å². The Morgan fingerprint density at radius 1 is 1.32 bits per heavy atom. The van der Waals surface area contributed by atoms with Crippen LogP contribution in [0.4, 0.5) is 5.82 Å². The first-order valence-electron chi connectivity index (χ1n) is 6.49. The zero-order chi connectivity index (χ0) is 14.4. The van der Waals surface area contributed by atoms with Crippen LogP contribution in [-0.2, 0) is 4.74 Å². The molecule has 0 aliphatic rings. The van der Waals surface area contributed by atoms with E-state index in [0.29, 0.717) is 30.5 Å². The Bertz CT molecular complexity index is 465. The van der Waals surface area contributed by atoms with Gasteiger partial charge in [-0.2, -0.15) is 10.4 Å². The third-order valence-corrected chi connectivity index (χ3v) is 3.00. The van der Waals surface area contributed by atoms with Crippen molar-refractivity contribution in [3.05, 3.63) is 16.8 Å². The maximum Gasteiger partial charge on any atom is 0.169 e. The highest BCUT2D eigenvalue weighted by molar-refractivity contribution is 5.57. The van der Waals surface area contributed by atoms with Gasteiger partial charge < -0.3 is 9.64 Å². The van der Waals surface area contributed by atoms with Crippen LogP contribution in [0, 0.1) is 31.1 Å². The van der Waals surface area contributed by atoms with Crippen molar-refractivity contribution < 1.29 is 4.74 Å². The number of anilines is 1. The Balaban J connectivity index is 3.14. The van der Waals surface area contributed by atoms with Crippen LogP contribution in [0.3, 0.4) is 0 Å². The third-order valence-electron chi connectivity index (χ3n) is 3.00. The first kappa shape index (κ1) is 15.4. The van der Waals surface area contributed by atoms with E-state index in [0.717, 1.165) is 17.8 Å². The van der Waals surface area contributed by atoms with Crippen molar-refractivity contribution in [2.45, 2.75) is 27.7 Å². The largest absolute Gasteiger partial charge is 0.383 e. The first-order chi connectivity index (χ1) is 9.01. The van der Waals surface area contributed by atoms with Gasteiger partial charge in [-0.15, -0.1) is 5.10 Å². The third kappa shape index (κ3) is 3.90. The smallest absolute Gasteiger partial charge is 0.169 e. The fourth-order valence-electron chi connectivity index (χ4n) is 1.88. The summed E-state index contributed by atoms with van der Waals surface area (Å²) < 4.78 is 5.13. The first-order valence-corrected chi connectivity index (χ1v) is 6.49. The average Bonchev–Trinajstić information content (AvgIpc) is 2.37.